The van der Waals surface area contributed by atoms with Crippen LogP contribution in [0.5, 0.6) is 0 Å². The zero-order valence-corrected chi connectivity index (χ0v) is 17.9. The van der Waals surface area contributed by atoms with Crippen molar-refractivity contribution in [2.45, 2.75) is 25.2 Å². The summed E-state index contributed by atoms with van der Waals surface area (Å²) < 4.78 is 39.2. The highest BCUT2D eigenvalue weighted by Crippen LogP contribution is 2.29. The largest absolute Gasteiger partial charge is 0.416 e. The second-order valence-electron chi connectivity index (χ2n) is 7.84. The van der Waals surface area contributed by atoms with Crippen LogP contribution in [-0.2, 0) is 12.7 Å². The van der Waals surface area contributed by atoms with E-state index < -0.39 is 22.3 Å². The second-order valence-corrected chi connectivity index (χ2v) is 8.18. The Morgan fingerprint density at radius 3 is 2.38 bits per heavy atom. The summed E-state index contributed by atoms with van der Waals surface area (Å²) in [6.45, 7) is 4.33. The molecular weight excluding hydrogens is 453 g/mol. The molecule has 0 bridgehead atoms. The van der Waals surface area contributed by atoms with E-state index in [9.17, 15) is 28.4 Å². The normalized spacial score (nSPS) is 17.6. The Morgan fingerprint density at radius 1 is 1.22 bits per heavy atom. The lowest BCUT2D eigenvalue weighted by atomic mass is 10.1. The fourth-order valence-corrected chi connectivity index (χ4v) is 3.59. The summed E-state index contributed by atoms with van der Waals surface area (Å²) in [6, 6.07) is 4.77. The summed E-state index contributed by atoms with van der Waals surface area (Å²) in [5.74, 6) is -0.384. The van der Waals surface area contributed by atoms with Gasteiger partial charge in [0.15, 0.2) is 0 Å². The highest BCUT2D eigenvalue weighted by molar-refractivity contribution is 6.28. The molecule has 3 rings (SSSR count). The lowest BCUT2D eigenvalue weighted by molar-refractivity contribution is -0.389. The lowest BCUT2D eigenvalue weighted by Crippen LogP contribution is -2.51. The summed E-state index contributed by atoms with van der Waals surface area (Å²) in [6.07, 6.45) is -1.67. The average molecular weight is 475 g/mol. The van der Waals surface area contributed by atoms with Gasteiger partial charge in [0.05, 0.1) is 23.9 Å². The van der Waals surface area contributed by atoms with Crippen LogP contribution in [0.2, 0.25) is 5.28 Å². The summed E-state index contributed by atoms with van der Waals surface area (Å²) >= 11 is 5.92. The molecule has 1 aliphatic rings. The van der Waals surface area contributed by atoms with E-state index in [0.717, 1.165) is 12.1 Å². The van der Waals surface area contributed by atoms with Crippen molar-refractivity contribution in [3.05, 3.63) is 57.0 Å². The fourth-order valence-electron chi connectivity index (χ4n) is 3.40. The smallest absolute Gasteiger partial charge is 0.387 e. The van der Waals surface area contributed by atoms with Gasteiger partial charge in [-0.15, -0.1) is 0 Å². The van der Waals surface area contributed by atoms with Crippen LogP contribution in [0.15, 0.2) is 35.6 Å². The number of β-amino-alcohol motifs (C(OH)–C–C–N with tert-alkyl or cyclic N) is 1. The quantitative estimate of drug-likeness (QED) is 0.376. The molecule has 32 heavy (non-hydrogen) atoms. The minimum Gasteiger partial charge on any atom is -0.387 e. The zero-order valence-electron chi connectivity index (χ0n) is 17.2. The molecule has 0 spiro atoms. The van der Waals surface area contributed by atoms with Gasteiger partial charge in [-0.1, -0.05) is 12.1 Å². The SMILES string of the molecule is C[C@](O)(CN1CCN(N=Cc2ccc(C(F)(F)F)cc2)CC1)Cn1cc([N+](=O)[O-])nc1Cl. The number of imidazole rings is 1. The third kappa shape index (κ3) is 6.40. The third-order valence-electron chi connectivity index (χ3n) is 4.93. The molecule has 1 aromatic heterocycles. The Balaban J connectivity index is 1.49. The molecular formula is C19H22ClF3N6O3. The summed E-state index contributed by atoms with van der Waals surface area (Å²) in [5, 5.41) is 27.6. The van der Waals surface area contributed by atoms with Crippen LogP contribution >= 0.6 is 11.6 Å². The first-order chi connectivity index (χ1) is 14.9. The van der Waals surface area contributed by atoms with Crippen molar-refractivity contribution < 1.29 is 23.2 Å². The fraction of sp³-hybridized carbons (Fsp3) is 0.474. The molecule has 0 amide bonds. The molecule has 1 fully saturated rings. The number of hydrogen-bond donors (Lipinski definition) is 1. The molecule has 1 atom stereocenters. The molecule has 13 heteroatoms. The van der Waals surface area contributed by atoms with E-state index in [4.69, 9.17) is 11.6 Å². The minimum absolute atomic E-state index is 0.0406. The highest BCUT2D eigenvalue weighted by atomic mass is 35.5. The number of aromatic nitrogens is 2. The van der Waals surface area contributed by atoms with Crippen molar-refractivity contribution in [3.8, 4) is 0 Å². The molecule has 2 aromatic rings. The van der Waals surface area contributed by atoms with E-state index in [1.54, 1.807) is 11.9 Å². The molecule has 0 saturated carbocycles. The Kier molecular flexibility index (Phi) is 7.06. The van der Waals surface area contributed by atoms with Gasteiger partial charge in [-0.05, 0) is 46.1 Å². The third-order valence-corrected chi connectivity index (χ3v) is 5.24. The van der Waals surface area contributed by atoms with Gasteiger partial charge in [0.2, 0.25) is 0 Å². The van der Waals surface area contributed by atoms with Crippen molar-refractivity contribution >= 4 is 23.6 Å². The number of aliphatic hydroxyl groups is 1. The number of benzene rings is 1. The predicted molar refractivity (Wildman–Crippen MR) is 112 cm³/mol. The van der Waals surface area contributed by atoms with Gasteiger partial charge >= 0.3 is 17.3 Å². The number of halogens is 4. The van der Waals surface area contributed by atoms with Crippen LogP contribution in [0.25, 0.3) is 0 Å². The summed E-state index contributed by atoms with van der Waals surface area (Å²) in [5.41, 5.74) is -1.35. The van der Waals surface area contributed by atoms with Crippen LogP contribution in [0.1, 0.15) is 18.1 Å². The molecule has 1 aliphatic heterocycles. The van der Waals surface area contributed by atoms with Crippen LogP contribution in [0, 0.1) is 10.1 Å². The Labute approximate surface area is 186 Å². The summed E-state index contributed by atoms with van der Waals surface area (Å²) in [7, 11) is 0. The molecule has 0 radical (unpaired) electrons. The van der Waals surface area contributed by atoms with E-state index in [1.807, 2.05) is 4.90 Å². The van der Waals surface area contributed by atoms with Gasteiger partial charge < -0.3 is 15.2 Å². The number of piperazine rings is 1. The molecule has 0 aliphatic carbocycles. The number of nitro groups is 1. The standard InChI is InChI=1S/C19H22ClF3N6O3/c1-18(30,13-27-11-16(29(31)32)25-17(27)20)12-26-6-8-28(9-7-26)24-10-14-2-4-15(5-3-14)19(21,22)23/h2-5,10-11,30H,6-9,12-13H2,1H3/t18-/m0/s1. The average Bonchev–Trinajstić information content (AvgIpc) is 3.07. The molecule has 1 aromatic carbocycles. The van der Waals surface area contributed by atoms with E-state index in [0.29, 0.717) is 38.3 Å². The van der Waals surface area contributed by atoms with E-state index in [1.165, 1.54) is 29.1 Å². The van der Waals surface area contributed by atoms with Crippen LogP contribution < -0.4 is 0 Å². The van der Waals surface area contributed by atoms with E-state index in [-0.39, 0.29) is 17.6 Å². The molecule has 1 saturated heterocycles. The maximum absolute atomic E-state index is 12.6. The van der Waals surface area contributed by atoms with Crippen LogP contribution in [0.3, 0.4) is 0 Å². The first-order valence-electron chi connectivity index (χ1n) is 9.71. The van der Waals surface area contributed by atoms with Gasteiger partial charge in [0.1, 0.15) is 6.20 Å². The highest BCUT2D eigenvalue weighted by Gasteiger charge is 2.30. The predicted octanol–water partition coefficient (Wildman–Crippen LogP) is 2.87. The van der Waals surface area contributed by atoms with Crippen LogP contribution in [0.4, 0.5) is 19.0 Å². The Hall–Kier alpha value is -2.70. The number of alkyl halides is 3. The lowest BCUT2D eigenvalue weighted by Gasteiger charge is -2.37. The van der Waals surface area contributed by atoms with Gasteiger partial charge in [-0.25, -0.2) is 0 Å². The second kappa shape index (κ2) is 9.43. The molecule has 0 unspecified atom stereocenters. The van der Waals surface area contributed by atoms with Crippen molar-refractivity contribution in [3.63, 3.8) is 0 Å². The summed E-state index contributed by atoms with van der Waals surface area (Å²) in [4.78, 5) is 15.8. The van der Waals surface area contributed by atoms with E-state index >= 15 is 0 Å². The zero-order chi connectivity index (χ0) is 23.5. The van der Waals surface area contributed by atoms with Gasteiger partial charge in [0.25, 0.3) is 0 Å². The van der Waals surface area contributed by atoms with Crippen molar-refractivity contribution in [2.75, 3.05) is 32.7 Å². The van der Waals surface area contributed by atoms with Gasteiger partial charge in [0, 0.05) is 32.7 Å². The Morgan fingerprint density at radius 2 is 1.84 bits per heavy atom. The molecule has 2 heterocycles. The topological polar surface area (TPSA) is 100 Å². The van der Waals surface area contributed by atoms with Crippen molar-refractivity contribution in [1.29, 1.82) is 0 Å². The maximum Gasteiger partial charge on any atom is 0.416 e. The van der Waals surface area contributed by atoms with Crippen molar-refractivity contribution in [2.24, 2.45) is 5.10 Å². The monoisotopic (exact) mass is 474 g/mol. The first-order valence-corrected chi connectivity index (χ1v) is 10.1. The van der Waals surface area contributed by atoms with E-state index in [2.05, 4.69) is 10.1 Å². The Bertz CT molecular complexity index is 970. The number of rotatable bonds is 7. The maximum atomic E-state index is 12.6. The number of nitrogens with zero attached hydrogens (tertiary/aromatic N) is 6. The first kappa shape index (κ1) is 24.0. The number of hydrogen-bond acceptors (Lipinski definition) is 7. The number of hydrazone groups is 1. The van der Waals surface area contributed by atoms with Crippen LogP contribution in [-0.4, -0.2) is 74.0 Å². The molecule has 1 N–H and O–H groups in total. The van der Waals surface area contributed by atoms with Gasteiger partial charge in [-0.2, -0.15) is 18.3 Å². The molecule has 174 valence electrons. The van der Waals surface area contributed by atoms with Gasteiger partial charge in [-0.3, -0.25) is 14.5 Å². The minimum atomic E-state index is -4.37. The van der Waals surface area contributed by atoms with Crippen molar-refractivity contribution in [1.82, 2.24) is 19.5 Å². The molecule has 9 nitrogen and oxygen atoms in total.